The number of rotatable bonds is 4. The van der Waals surface area contributed by atoms with Gasteiger partial charge >= 0.3 is 0 Å². The summed E-state index contributed by atoms with van der Waals surface area (Å²) in [5.74, 6) is 0.949. The lowest BCUT2D eigenvalue weighted by atomic mass is 10.3. The molecule has 1 aliphatic carbocycles. The minimum atomic E-state index is -0.0558. The van der Waals surface area contributed by atoms with E-state index in [0.717, 1.165) is 24.2 Å². The molecule has 0 unspecified atom stereocenters. The fourth-order valence-corrected chi connectivity index (χ4v) is 4.20. The Bertz CT molecular complexity index is 455. The highest BCUT2D eigenvalue weighted by Crippen LogP contribution is 2.46. The van der Waals surface area contributed by atoms with Gasteiger partial charge in [-0.3, -0.25) is 4.79 Å². The van der Waals surface area contributed by atoms with E-state index >= 15 is 0 Å². The van der Waals surface area contributed by atoms with E-state index in [-0.39, 0.29) is 10.8 Å². The lowest BCUT2D eigenvalue weighted by Gasteiger charge is -2.15. The van der Waals surface area contributed by atoms with Crippen molar-refractivity contribution in [3.8, 4) is 0 Å². The number of amides is 1. The van der Waals surface area contributed by atoms with Crippen LogP contribution in [0.4, 0.5) is 0 Å². The van der Waals surface area contributed by atoms with E-state index in [1.54, 1.807) is 11.8 Å². The van der Waals surface area contributed by atoms with Crippen LogP contribution in [0.1, 0.15) is 35.0 Å². The average molecular weight is 310 g/mol. The zero-order chi connectivity index (χ0) is 12.6. The molecule has 2 nitrogen and oxygen atoms in total. The summed E-state index contributed by atoms with van der Waals surface area (Å²) in [6.07, 6.45) is 2.09. The van der Waals surface area contributed by atoms with E-state index < -0.39 is 0 Å². The first-order valence-corrected chi connectivity index (χ1v) is 7.96. The first-order valence-electron chi connectivity index (χ1n) is 5.40. The third-order valence-corrected chi connectivity index (χ3v) is 6.24. The molecule has 1 N–H and O–H groups in total. The van der Waals surface area contributed by atoms with Gasteiger partial charge in [0, 0.05) is 0 Å². The largest absolute Gasteiger partial charge is 0.337 e. The molecule has 0 atom stereocenters. The van der Waals surface area contributed by atoms with Crippen LogP contribution in [-0.4, -0.2) is 16.5 Å². The van der Waals surface area contributed by atoms with Crippen molar-refractivity contribution in [3.05, 3.63) is 19.8 Å². The lowest BCUT2D eigenvalue weighted by Crippen LogP contribution is -2.34. The Morgan fingerprint density at radius 2 is 2.18 bits per heavy atom. The molecule has 6 heteroatoms. The Morgan fingerprint density at radius 3 is 2.59 bits per heavy atom. The number of carbonyl (C=O) groups excluding carboxylic acids is 1. The molecule has 1 fully saturated rings. The number of carbonyl (C=O) groups is 1. The number of hydrogen-bond donors (Lipinski definition) is 1. The highest BCUT2D eigenvalue weighted by Gasteiger charge is 2.44. The Morgan fingerprint density at radius 1 is 1.53 bits per heavy atom. The number of thiophene rings is 1. The van der Waals surface area contributed by atoms with E-state index in [1.807, 2.05) is 6.92 Å². The Kier molecular flexibility index (Phi) is 3.98. The van der Waals surface area contributed by atoms with Crippen LogP contribution >= 0.6 is 46.3 Å². The van der Waals surface area contributed by atoms with Gasteiger partial charge in [-0.2, -0.15) is 0 Å². The Hall–Kier alpha value is 0.1000. The Balaban J connectivity index is 2.13. The van der Waals surface area contributed by atoms with Gasteiger partial charge in [0.15, 0.2) is 0 Å². The molecule has 0 saturated heterocycles. The molecule has 1 aromatic rings. The van der Waals surface area contributed by atoms with Crippen molar-refractivity contribution in [1.82, 2.24) is 5.32 Å². The predicted octanol–water partition coefficient (Wildman–Crippen LogP) is 4.34. The third-order valence-electron chi connectivity index (χ3n) is 2.71. The van der Waals surface area contributed by atoms with Gasteiger partial charge < -0.3 is 5.32 Å². The molecule has 1 saturated carbocycles. The van der Waals surface area contributed by atoms with E-state index in [4.69, 9.17) is 23.2 Å². The van der Waals surface area contributed by atoms with Crippen molar-refractivity contribution >= 4 is 52.2 Å². The highest BCUT2D eigenvalue weighted by molar-refractivity contribution is 8.00. The molecular weight excluding hydrogens is 297 g/mol. The van der Waals surface area contributed by atoms with Gasteiger partial charge in [-0.05, 0) is 31.1 Å². The maximum atomic E-state index is 12.1. The van der Waals surface area contributed by atoms with E-state index in [0.29, 0.717) is 14.2 Å². The van der Waals surface area contributed by atoms with Crippen molar-refractivity contribution in [2.45, 2.75) is 31.6 Å². The highest BCUT2D eigenvalue weighted by atomic mass is 35.5. The molecule has 1 aromatic heterocycles. The smallest absolute Gasteiger partial charge is 0.262 e. The molecule has 0 spiro atoms. The zero-order valence-corrected chi connectivity index (χ0v) is 12.7. The number of halogens is 2. The summed E-state index contributed by atoms with van der Waals surface area (Å²) in [5, 5.41) is 3.58. The molecule has 2 rings (SSSR count). The van der Waals surface area contributed by atoms with Gasteiger partial charge in [0.2, 0.25) is 0 Å². The van der Waals surface area contributed by atoms with Gasteiger partial charge in [-0.1, -0.05) is 30.1 Å². The number of nitrogens with one attached hydrogen (secondary N) is 1. The topological polar surface area (TPSA) is 29.1 Å². The standard InChI is InChI=1S/C11H13Cl2NOS2/c1-3-16-11(4-5-11)14-10(15)8-6(2)7(12)9(13)17-8/h3-5H2,1-2H3,(H,14,15). The summed E-state index contributed by atoms with van der Waals surface area (Å²) >= 11 is 15.0. The predicted molar refractivity (Wildman–Crippen MR) is 76.6 cm³/mol. The summed E-state index contributed by atoms with van der Waals surface area (Å²) in [6, 6.07) is 0. The first kappa shape index (κ1) is 13.5. The summed E-state index contributed by atoms with van der Waals surface area (Å²) in [6.45, 7) is 3.92. The molecule has 1 amide bonds. The third kappa shape index (κ3) is 2.75. The van der Waals surface area contributed by atoms with Crippen molar-refractivity contribution in [2.24, 2.45) is 0 Å². The second kappa shape index (κ2) is 5.00. The Labute approximate surface area is 119 Å². The molecule has 17 heavy (non-hydrogen) atoms. The second-order valence-electron chi connectivity index (χ2n) is 4.03. The van der Waals surface area contributed by atoms with Crippen LogP contribution in [0.25, 0.3) is 0 Å². The molecule has 0 bridgehead atoms. The van der Waals surface area contributed by atoms with Crippen LogP contribution in [0.15, 0.2) is 0 Å². The van der Waals surface area contributed by atoms with Gasteiger partial charge in [0.05, 0.1) is 14.8 Å². The lowest BCUT2D eigenvalue weighted by molar-refractivity contribution is 0.0950. The summed E-state index contributed by atoms with van der Waals surface area (Å²) in [4.78, 5) is 12.7. The minimum Gasteiger partial charge on any atom is -0.337 e. The fourth-order valence-electron chi connectivity index (χ4n) is 1.63. The number of thioether (sulfide) groups is 1. The van der Waals surface area contributed by atoms with Gasteiger partial charge in [-0.15, -0.1) is 23.1 Å². The SMILES string of the molecule is CCSC1(NC(=O)c2sc(Cl)c(Cl)c2C)CC1. The van der Waals surface area contributed by atoms with Crippen LogP contribution in [0.5, 0.6) is 0 Å². The van der Waals surface area contributed by atoms with Crippen molar-refractivity contribution in [1.29, 1.82) is 0 Å². The quantitative estimate of drug-likeness (QED) is 0.838. The fraction of sp³-hybridized carbons (Fsp3) is 0.545. The zero-order valence-electron chi connectivity index (χ0n) is 9.60. The normalized spacial score (nSPS) is 16.9. The minimum absolute atomic E-state index is 0.0405. The van der Waals surface area contributed by atoms with Gasteiger partial charge in [0.1, 0.15) is 4.34 Å². The van der Waals surface area contributed by atoms with Crippen molar-refractivity contribution in [3.63, 3.8) is 0 Å². The number of hydrogen-bond acceptors (Lipinski definition) is 3. The van der Waals surface area contributed by atoms with E-state index in [1.165, 1.54) is 11.3 Å². The summed E-state index contributed by atoms with van der Waals surface area (Å²) < 4.78 is 0.488. The van der Waals surface area contributed by atoms with Crippen LogP contribution in [-0.2, 0) is 0 Å². The van der Waals surface area contributed by atoms with Crippen LogP contribution < -0.4 is 5.32 Å². The van der Waals surface area contributed by atoms with Crippen LogP contribution in [0.2, 0.25) is 9.36 Å². The van der Waals surface area contributed by atoms with E-state index in [2.05, 4.69) is 12.2 Å². The monoisotopic (exact) mass is 309 g/mol. The van der Waals surface area contributed by atoms with Crippen LogP contribution in [0.3, 0.4) is 0 Å². The summed E-state index contributed by atoms with van der Waals surface area (Å²) in [5.41, 5.74) is 0.775. The summed E-state index contributed by atoms with van der Waals surface area (Å²) in [7, 11) is 0. The molecular formula is C11H13Cl2NOS2. The molecule has 0 aromatic carbocycles. The second-order valence-corrected chi connectivity index (χ2v) is 7.67. The van der Waals surface area contributed by atoms with Gasteiger partial charge in [-0.25, -0.2) is 0 Å². The molecule has 94 valence electrons. The van der Waals surface area contributed by atoms with Crippen molar-refractivity contribution < 1.29 is 4.79 Å². The maximum absolute atomic E-state index is 12.1. The van der Waals surface area contributed by atoms with Gasteiger partial charge in [0.25, 0.3) is 5.91 Å². The molecule has 0 aliphatic heterocycles. The first-order chi connectivity index (χ1) is 7.99. The van der Waals surface area contributed by atoms with Crippen LogP contribution in [0, 0.1) is 6.92 Å². The molecule has 1 heterocycles. The van der Waals surface area contributed by atoms with E-state index in [9.17, 15) is 4.79 Å². The average Bonchev–Trinajstić information content (AvgIpc) is 2.98. The maximum Gasteiger partial charge on any atom is 0.262 e. The molecule has 0 radical (unpaired) electrons. The van der Waals surface area contributed by atoms with Crippen molar-refractivity contribution in [2.75, 3.05) is 5.75 Å². The molecule has 1 aliphatic rings.